The number of nitrogens with two attached hydrogens (primary N) is 1. The van der Waals surface area contributed by atoms with Crippen molar-refractivity contribution in [3.8, 4) is 0 Å². The highest BCUT2D eigenvalue weighted by molar-refractivity contribution is 8.00. The fraction of sp³-hybridized carbons (Fsp3) is 0.917. The molecule has 3 nitrogen and oxygen atoms in total. The van der Waals surface area contributed by atoms with Crippen molar-refractivity contribution in [2.45, 2.75) is 50.8 Å². The number of hydrogen-bond acceptors (Lipinski definition) is 3. The molecule has 1 saturated heterocycles. The van der Waals surface area contributed by atoms with Crippen LogP contribution in [-0.4, -0.2) is 40.9 Å². The summed E-state index contributed by atoms with van der Waals surface area (Å²) in [6, 6.07) is 0.482. The fourth-order valence-electron chi connectivity index (χ4n) is 2.12. The topological polar surface area (TPSA) is 46.3 Å². The summed E-state index contributed by atoms with van der Waals surface area (Å²) in [6.07, 6.45) is 4.70. The molecule has 0 bridgehead atoms. The molecule has 0 aliphatic carbocycles. The number of rotatable bonds is 5. The molecule has 0 aromatic rings. The first kappa shape index (κ1) is 13.8. The Morgan fingerprint density at radius 3 is 2.94 bits per heavy atom. The molecule has 2 unspecified atom stereocenters. The Morgan fingerprint density at radius 2 is 2.31 bits per heavy atom. The highest BCUT2D eigenvalue weighted by atomic mass is 32.2. The number of thioether (sulfide) groups is 1. The zero-order valence-electron chi connectivity index (χ0n) is 10.4. The number of nitrogens with zero attached hydrogens (tertiary/aromatic N) is 1. The van der Waals surface area contributed by atoms with Crippen LogP contribution in [0.15, 0.2) is 0 Å². The summed E-state index contributed by atoms with van der Waals surface area (Å²) in [7, 11) is 0. The van der Waals surface area contributed by atoms with Crippen LogP contribution in [0.1, 0.15) is 39.5 Å². The molecule has 16 heavy (non-hydrogen) atoms. The molecule has 1 aliphatic rings. The molecule has 1 rings (SSSR count). The van der Waals surface area contributed by atoms with E-state index in [-0.39, 0.29) is 0 Å². The highest BCUT2D eigenvalue weighted by Crippen LogP contribution is 2.21. The minimum absolute atomic E-state index is 0.303. The number of likely N-dealkylation sites (tertiary alicyclic amines) is 1. The van der Waals surface area contributed by atoms with E-state index in [4.69, 9.17) is 5.73 Å². The van der Waals surface area contributed by atoms with E-state index in [1.807, 2.05) is 0 Å². The van der Waals surface area contributed by atoms with Gasteiger partial charge in [0.05, 0.1) is 5.75 Å². The molecule has 1 heterocycles. The normalized spacial score (nSPS) is 23.2. The molecule has 0 radical (unpaired) electrons. The van der Waals surface area contributed by atoms with Gasteiger partial charge in [-0.15, -0.1) is 11.8 Å². The third-order valence-electron chi connectivity index (χ3n) is 3.24. The predicted molar refractivity (Wildman–Crippen MR) is 70.6 cm³/mol. The van der Waals surface area contributed by atoms with Crippen LogP contribution in [0.2, 0.25) is 0 Å². The molecule has 0 aromatic heterocycles. The molecule has 94 valence electrons. The Hall–Kier alpha value is -0.220. The largest absolute Gasteiger partial charge is 0.339 e. The van der Waals surface area contributed by atoms with Gasteiger partial charge in [-0.05, 0) is 25.7 Å². The standard InChI is InChI=1S/C12H24N2OS/c1-3-11-6-4-5-7-14(11)12(15)9-16-10(2)8-13/h10-11H,3-9,13H2,1-2H3. The second-order valence-electron chi connectivity index (χ2n) is 4.50. The second kappa shape index (κ2) is 7.17. The highest BCUT2D eigenvalue weighted by Gasteiger charge is 2.25. The summed E-state index contributed by atoms with van der Waals surface area (Å²) in [6.45, 7) is 5.85. The number of piperidine rings is 1. The van der Waals surface area contributed by atoms with Crippen LogP contribution in [0, 0.1) is 0 Å². The molecule has 4 heteroatoms. The van der Waals surface area contributed by atoms with Crippen LogP contribution in [-0.2, 0) is 4.79 Å². The second-order valence-corrected chi connectivity index (χ2v) is 5.93. The van der Waals surface area contributed by atoms with E-state index < -0.39 is 0 Å². The summed E-state index contributed by atoms with van der Waals surface area (Å²) in [5, 5.41) is 0.383. The van der Waals surface area contributed by atoms with E-state index in [0.717, 1.165) is 13.0 Å². The summed E-state index contributed by atoms with van der Waals surface area (Å²) in [4.78, 5) is 14.1. The zero-order chi connectivity index (χ0) is 12.0. The van der Waals surface area contributed by atoms with Crippen LogP contribution < -0.4 is 5.73 Å². The van der Waals surface area contributed by atoms with Gasteiger partial charge in [0, 0.05) is 24.4 Å². The van der Waals surface area contributed by atoms with Crippen molar-refractivity contribution in [3.63, 3.8) is 0 Å². The Bertz CT molecular complexity index is 223. The Balaban J connectivity index is 2.38. The average molecular weight is 244 g/mol. The third-order valence-corrected chi connectivity index (χ3v) is 4.42. The predicted octanol–water partition coefficient (Wildman–Crippen LogP) is 1.86. The van der Waals surface area contributed by atoms with E-state index >= 15 is 0 Å². The molecule has 1 aliphatic heterocycles. The Labute approximate surface area is 103 Å². The van der Waals surface area contributed by atoms with Gasteiger partial charge in [0.2, 0.25) is 5.91 Å². The van der Waals surface area contributed by atoms with Gasteiger partial charge in [-0.25, -0.2) is 0 Å². The average Bonchev–Trinajstić information content (AvgIpc) is 2.35. The van der Waals surface area contributed by atoms with Gasteiger partial charge in [0.1, 0.15) is 0 Å². The molecule has 0 saturated carbocycles. The van der Waals surface area contributed by atoms with Crippen LogP contribution in [0.5, 0.6) is 0 Å². The van der Waals surface area contributed by atoms with E-state index in [9.17, 15) is 4.79 Å². The SMILES string of the molecule is CCC1CCCCN1C(=O)CSC(C)CN. The fourth-order valence-corrected chi connectivity index (χ4v) is 2.85. The van der Waals surface area contributed by atoms with E-state index in [2.05, 4.69) is 18.7 Å². The molecular weight excluding hydrogens is 220 g/mol. The summed E-state index contributed by atoms with van der Waals surface area (Å²) >= 11 is 1.67. The first-order valence-electron chi connectivity index (χ1n) is 6.30. The lowest BCUT2D eigenvalue weighted by Crippen LogP contribution is -2.44. The molecular formula is C12H24N2OS. The van der Waals surface area contributed by atoms with Gasteiger partial charge in [-0.2, -0.15) is 0 Å². The van der Waals surface area contributed by atoms with Crippen molar-refractivity contribution in [2.75, 3.05) is 18.8 Å². The van der Waals surface area contributed by atoms with Crippen molar-refractivity contribution < 1.29 is 4.79 Å². The van der Waals surface area contributed by atoms with Crippen LogP contribution in [0.3, 0.4) is 0 Å². The number of carbonyl (C=O) groups is 1. The van der Waals surface area contributed by atoms with Crippen LogP contribution >= 0.6 is 11.8 Å². The minimum Gasteiger partial charge on any atom is -0.339 e. The lowest BCUT2D eigenvalue weighted by molar-refractivity contribution is -0.132. The minimum atomic E-state index is 0.303. The van der Waals surface area contributed by atoms with Crippen molar-refractivity contribution in [1.29, 1.82) is 0 Å². The molecule has 1 fully saturated rings. The van der Waals surface area contributed by atoms with Gasteiger partial charge in [-0.1, -0.05) is 13.8 Å². The lowest BCUT2D eigenvalue weighted by Gasteiger charge is -2.35. The third kappa shape index (κ3) is 3.98. The van der Waals surface area contributed by atoms with Gasteiger partial charge in [-0.3, -0.25) is 4.79 Å². The van der Waals surface area contributed by atoms with Crippen molar-refractivity contribution >= 4 is 17.7 Å². The monoisotopic (exact) mass is 244 g/mol. The van der Waals surface area contributed by atoms with Gasteiger partial charge in [0.25, 0.3) is 0 Å². The Morgan fingerprint density at radius 1 is 1.56 bits per heavy atom. The van der Waals surface area contributed by atoms with E-state index in [1.165, 1.54) is 19.3 Å². The van der Waals surface area contributed by atoms with Crippen molar-refractivity contribution in [3.05, 3.63) is 0 Å². The van der Waals surface area contributed by atoms with Gasteiger partial charge >= 0.3 is 0 Å². The smallest absolute Gasteiger partial charge is 0.232 e. The molecule has 2 atom stereocenters. The molecule has 0 aromatic carbocycles. The first-order chi connectivity index (χ1) is 7.69. The zero-order valence-corrected chi connectivity index (χ0v) is 11.3. The molecule has 0 spiro atoms. The van der Waals surface area contributed by atoms with Gasteiger partial charge < -0.3 is 10.6 Å². The number of carbonyl (C=O) groups excluding carboxylic acids is 1. The number of amides is 1. The maximum absolute atomic E-state index is 12.1. The number of hydrogen-bond donors (Lipinski definition) is 1. The molecule has 1 amide bonds. The lowest BCUT2D eigenvalue weighted by atomic mass is 10.0. The van der Waals surface area contributed by atoms with Crippen molar-refractivity contribution in [1.82, 2.24) is 4.90 Å². The molecule has 2 N–H and O–H groups in total. The quantitative estimate of drug-likeness (QED) is 0.803. The van der Waals surface area contributed by atoms with Gasteiger partial charge in [0.15, 0.2) is 0 Å². The van der Waals surface area contributed by atoms with E-state index in [0.29, 0.717) is 29.5 Å². The first-order valence-corrected chi connectivity index (χ1v) is 7.35. The Kier molecular flexibility index (Phi) is 6.21. The maximum atomic E-state index is 12.1. The van der Waals surface area contributed by atoms with E-state index in [1.54, 1.807) is 11.8 Å². The maximum Gasteiger partial charge on any atom is 0.232 e. The summed E-state index contributed by atoms with van der Waals surface area (Å²) < 4.78 is 0. The summed E-state index contributed by atoms with van der Waals surface area (Å²) in [5.41, 5.74) is 5.54. The van der Waals surface area contributed by atoms with Crippen LogP contribution in [0.25, 0.3) is 0 Å². The summed E-state index contributed by atoms with van der Waals surface area (Å²) in [5.74, 6) is 0.895. The van der Waals surface area contributed by atoms with Crippen LogP contribution in [0.4, 0.5) is 0 Å². The van der Waals surface area contributed by atoms with Crippen molar-refractivity contribution in [2.24, 2.45) is 5.73 Å².